The Morgan fingerprint density at radius 1 is 1.72 bits per heavy atom. The van der Waals surface area contributed by atoms with E-state index >= 15 is 0 Å². The van der Waals surface area contributed by atoms with Crippen molar-refractivity contribution >= 4 is 27.5 Å². The molecule has 0 saturated carbocycles. The minimum Gasteiger partial charge on any atom is -0.359 e. The standard InChI is InChI=1S/C12H22N2O2S2/c1-3-5-8-14(12(17)13-7-4-2)11-6-9-18(15,16)10-11/h4,11H,2-3,5-10H2,1H3,(H-,13,15,16,17)/p+1/t11-/m0/s1. The van der Waals surface area contributed by atoms with Crippen molar-refractivity contribution in [3.63, 3.8) is 0 Å². The minimum atomic E-state index is -2.62. The molecule has 1 saturated heterocycles. The van der Waals surface area contributed by atoms with Crippen molar-refractivity contribution in [3.05, 3.63) is 12.7 Å². The highest BCUT2D eigenvalue weighted by Crippen LogP contribution is 2.22. The van der Waals surface area contributed by atoms with Crippen molar-refractivity contribution in [1.82, 2.24) is 10.2 Å². The van der Waals surface area contributed by atoms with Crippen molar-refractivity contribution < 1.29 is 8.76 Å². The lowest BCUT2D eigenvalue weighted by molar-refractivity contribution is 0.324. The van der Waals surface area contributed by atoms with Crippen molar-refractivity contribution in [1.29, 1.82) is 0 Å². The van der Waals surface area contributed by atoms with Crippen molar-refractivity contribution in [2.45, 2.75) is 32.2 Å². The molecule has 0 aromatic rings. The number of hydrogen-bond donors (Lipinski definition) is 2. The van der Waals surface area contributed by atoms with Gasteiger partial charge in [0.15, 0.2) is 10.9 Å². The lowest BCUT2D eigenvalue weighted by atomic mass is 10.2. The zero-order chi connectivity index (χ0) is 13.6. The third kappa shape index (κ3) is 4.66. The number of rotatable bonds is 6. The Balaban J connectivity index is 2.63. The Morgan fingerprint density at radius 2 is 2.44 bits per heavy atom. The minimum absolute atomic E-state index is 0.0962. The summed E-state index contributed by atoms with van der Waals surface area (Å²) in [5, 5.41) is 3.78. The van der Waals surface area contributed by atoms with E-state index in [1.807, 2.05) is 0 Å². The number of hydrogen-bond acceptors (Lipinski definition) is 2. The molecule has 4 nitrogen and oxygen atoms in total. The molecule has 1 heterocycles. The van der Waals surface area contributed by atoms with Crippen LogP contribution in [-0.4, -0.2) is 45.2 Å². The molecule has 2 atom stereocenters. The number of thiocarbonyl (C=S) groups is 1. The fraction of sp³-hybridized carbons (Fsp3) is 0.750. The maximum Gasteiger partial charge on any atom is 0.216 e. The lowest BCUT2D eigenvalue weighted by Gasteiger charge is -2.29. The molecule has 1 aliphatic heterocycles. The smallest absolute Gasteiger partial charge is 0.216 e. The Kier molecular flexibility index (Phi) is 6.25. The van der Waals surface area contributed by atoms with Crippen LogP contribution in [0.25, 0.3) is 0 Å². The van der Waals surface area contributed by atoms with E-state index in [1.165, 1.54) is 0 Å². The van der Waals surface area contributed by atoms with Crippen LogP contribution in [-0.2, 0) is 14.4 Å². The van der Waals surface area contributed by atoms with E-state index in [9.17, 15) is 8.76 Å². The average Bonchev–Trinajstić information content (AvgIpc) is 2.67. The van der Waals surface area contributed by atoms with Gasteiger partial charge in [0, 0.05) is 19.5 Å². The van der Waals surface area contributed by atoms with E-state index in [2.05, 4.69) is 23.7 Å². The molecular weight excluding hydrogens is 268 g/mol. The Hall–Kier alpha value is -0.460. The first-order valence-electron chi connectivity index (χ1n) is 6.37. The van der Waals surface area contributed by atoms with Crippen molar-refractivity contribution in [2.75, 3.05) is 24.6 Å². The second-order valence-electron chi connectivity index (χ2n) is 4.61. The predicted molar refractivity (Wildman–Crippen MR) is 81.2 cm³/mol. The first-order valence-corrected chi connectivity index (χ1v) is 8.63. The molecule has 104 valence electrons. The molecule has 1 fully saturated rings. The van der Waals surface area contributed by atoms with Gasteiger partial charge >= 0.3 is 0 Å². The monoisotopic (exact) mass is 291 g/mol. The molecule has 1 aliphatic rings. The second-order valence-corrected chi connectivity index (χ2v) is 7.28. The maximum absolute atomic E-state index is 11.7. The fourth-order valence-corrected chi connectivity index (χ4v) is 4.15. The Morgan fingerprint density at radius 3 is 2.94 bits per heavy atom. The maximum atomic E-state index is 11.7. The molecule has 6 heteroatoms. The summed E-state index contributed by atoms with van der Waals surface area (Å²) in [5.74, 6) is 0.733. The van der Waals surface area contributed by atoms with Crippen LogP contribution < -0.4 is 5.32 Å². The van der Waals surface area contributed by atoms with E-state index in [-0.39, 0.29) is 6.04 Å². The molecule has 0 aliphatic carbocycles. The molecule has 2 N–H and O–H groups in total. The van der Waals surface area contributed by atoms with E-state index in [0.29, 0.717) is 23.2 Å². The van der Waals surface area contributed by atoms with Gasteiger partial charge in [0.1, 0.15) is 5.75 Å². The van der Waals surface area contributed by atoms with Gasteiger partial charge in [0.2, 0.25) is 10.2 Å². The summed E-state index contributed by atoms with van der Waals surface area (Å²) >= 11 is 5.36. The zero-order valence-electron chi connectivity index (χ0n) is 10.9. The molecule has 18 heavy (non-hydrogen) atoms. The predicted octanol–water partition coefficient (Wildman–Crippen LogP) is 1.89. The summed E-state index contributed by atoms with van der Waals surface area (Å²) in [6.45, 7) is 7.25. The van der Waals surface area contributed by atoms with Crippen LogP contribution >= 0.6 is 12.2 Å². The number of nitrogens with zero attached hydrogens (tertiary/aromatic N) is 1. The van der Waals surface area contributed by atoms with Crippen LogP contribution in [0.5, 0.6) is 0 Å². The first kappa shape index (κ1) is 15.6. The van der Waals surface area contributed by atoms with Gasteiger partial charge in [0.25, 0.3) is 0 Å². The molecule has 0 radical (unpaired) electrons. The summed E-state index contributed by atoms with van der Waals surface area (Å²) in [7, 11) is -2.62. The largest absolute Gasteiger partial charge is 0.359 e. The van der Waals surface area contributed by atoms with E-state index < -0.39 is 10.2 Å². The third-order valence-electron chi connectivity index (χ3n) is 3.07. The summed E-state index contributed by atoms with van der Waals surface area (Å²) < 4.78 is 21.3. The SMILES string of the molecule is C=CCNC(=S)N(CCCC)[C@H]1CC[S+](=O)(O)C1. The normalized spacial score (nSPS) is 26.9. The number of unbranched alkanes of at least 4 members (excludes halogenated alkanes) is 1. The van der Waals surface area contributed by atoms with Gasteiger partial charge in [-0.3, -0.25) is 0 Å². The number of nitrogens with one attached hydrogen (secondary N) is 1. The molecule has 0 spiro atoms. The highest BCUT2D eigenvalue weighted by atomic mass is 32.3. The van der Waals surface area contributed by atoms with Gasteiger partial charge in [-0.25, -0.2) is 0 Å². The highest BCUT2D eigenvalue weighted by Gasteiger charge is 2.41. The summed E-state index contributed by atoms with van der Waals surface area (Å²) in [4.78, 5) is 2.07. The van der Waals surface area contributed by atoms with Crippen LogP contribution in [0, 0.1) is 0 Å². The molecule has 0 aromatic heterocycles. The quantitative estimate of drug-likeness (QED) is 0.445. The van der Waals surface area contributed by atoms with Crippen LogP contribution in [0.1, 0.15) is 26.2 Å². The molecular formula is C12H23N2O2S2+. The van der Waals surface area contributed by atoms with E-state index in [0.717, 1.165) is 25.8 Å². The fourth-order valence-electron chi connectivity index (χ4n) is 2.07. The van der Waals surface area contributed by atoms with Crippen LogP contribution in [0.2, 0.25) is 0 Å². The summed E-state index contributed by atoms with van der Waals surface area (Å²) in [5.41, 5.74) is 0. The van der Waals surface area contributed by atoms with Gasteiger partial charge in [-0.05, 0) is 18.6 Å². The Labute approximate surface area is 116 Å². The van der Waals surface area contributed by atoms with Crippen LogP contribution in [0.4, 0.5) is 0 Å². The van der Waals surface area contributed by atoms with Crippen LogP contribution in [0.15, 0.2) is 12.7 Å². The zero-order valence-corrected chi connectivity index (χ0v) is 12.6. The molecule has 1 rings (SSSR count). The Bertz CT molecular complexity index is 347. The molecule has 0 amide bonds. The average molecular weight is 291 g/mol. The van der Waals surface area contributed by atoms with Crippen molar-refractivity contribution in [2.24, 2.45) is 0 Å². The van der Waals surface area contributed by atoms with E-state index in [1.54, 1.807) is 6.08 Å². The summed E-state index contributed by atoms with van der Waals surface area (Å²) in [6.07, 6.45) is 4.63. The molecule has 1 unspecified atom stereocenters. The van der Waals surface area contributed by atoms with E-state index in [4.69, 9.17) is 12.2 Å². The first-order chi connectivity index (χ1) is 8.50. The van der Waals surface area contributed by atoms with Gasteiger partial charge in [-0.15, -0.1) is 6.58 Å². The van der Waals surface area contributed by atoms with Gasteiger partial charge < -0.3 is 10.2 Å². The second kappa shape index (κ2) is 7.21. The lowest BCUT2D eigenvalue weighted by Crippen LogP contribution is -2.47. The van der Waals surface area contributed by atoms with Gasteiger partial charge in [-0.2, -0.15) is 4.55 Å². The van der Waals surface area contributed by atoms with Crippen molar-refractivity contribution in [3.8, 4) is 0 Å². The highest BCUT2D eigenvalue weighted by molar-refractivity contribution is 7.98. The third-order valence-corrected chi connectivity index (χ3v) is 5.23. The molecule has 0 aromatic carbocycles. The van der Waals surface area contributed by atoms with Crippen LogP contribution in [0.3, 0.4) is 0 Å². The van der Waals surface area contributed by atoms with Gasteiger partial charge in [0.05, 0.1) is 6.04 Å². The van der Waals surface area contributed by atoms with Gasteiger partial charge in [-0.1, -0.05) is 23.6 Å². The molecule has 0 bridgehead atoms. The topological polar surface area (TPSA) is 52.6 Å². The summed E-state index contributed by atoms with van der Waals surface area (Å²) in [6, 6.07) is 0.0962.